The van der Waals surface area contributed by atoms with E-state index in [1.54, 1.807) is 0 Å². The zero-order valence-electron chi connectivity index (χ0n) is 12.9. The van der Waals surface area contributed by atoms with Gasteiger partial charge in [-0.25, -0.2) is 0 Å². The maximum Gasteiger partial charge on any atom is 0.270 e. The van der Waals surface area contributed by atoms with Gasteiger partial charge in [0.1, 0.15) is 0 Å². The first kappa shape index (κ1) is 16.3. The lowest BCUT2D eigenvalue weighted by molar-refractivity contribution is -0.605. The third kappa shape index (κ3) is 4.70. The van der Waals surface area contributed by atoms with Crippen LogP contribution in [0.25, 0.3) is 0 Å². The summed E-state index contributed by atoms with van der Waals surface area (Å²) in [5.41, 5.74) is 7.92. The second-order valence-electron chi connectivity index (χ2n) is 5.12. The van der Waals surface area contributed by atoms with Crippen LogP contribution in [0.5, 0.6) is 0 Å². The van der Waals surface area contributed by atoms with Crippen molar-refractivity contribution in [2.24, 2.45) is 0 Å². The Kier molecular flexibility index (Phi) is 5.14. The second kappa shape index (κ2) is 7.26. The molecule has 120 valence electrons. The Morgan fingerprint density at radius 3 is 2.43 bits per heavy atom. The van der Waals surface area contributed by atoms with Crippen LogP contribution in [0, 0.1) is 19.1 Å². The Morgan fingerprint density at radius 1 is 1.09 bits per heavy atom. The summed E-state index contributed by atoms with van der Waals surface area (Å²) in [6, 6.07) is 8.59. The van der Waals surface area contributed by atoms with Crippen LogP contribution in [0.1, 0.15) is 21.5 Å². The molecule has 7 nitrogen and oxygen atoms in total. The highest BCUT2D eigenvalue weighted by Crippen LogP contribution is 2.15. The van der Waals surface area contributed by atoms with Gasteiger partial charge in [0.05, 0.1) is 12.1 Å². The van der Waals surface area contributed by atoms with Crippen LogP contribution in [0.4, 0.5) is 5.69 Å². The molecule has 2 rings (SSSR count). The van der Waals surface area contributed by atoms with Gasteiger partial charge in [-0.2, -0.15) is 4.73 Å². The summed E-state index contributed by atoms with van der Waals surface area (Å²) in [5, 5.41) is 13.9. The molecule has 1 aromatic heterocycles. The van der Waals surface area contributed by atoms with Crippen LogP contribution < -0.4 is 20.9 Å². The minimum Gasteiger partial charge on any atom is -0.619 e. The van der Waals surface area contributed by atoms with Gasteiger partial charge in [0.15, 0.2) is 12.4 Å². The number of nitrogens with one attached hydrogen (secondary N) is 3. The largest absolute Gasteiger partial charge is 0.619 e. The molecule has 0 saturated carbocycles. The average molecular weight is 314 g/mol. The van der Waals surface area contributed by atoms with E-state index in [9.17, 15) is 14.8 Å². The molecule has 0 fully saturated rings. The fraction of sp³-hybridized carbons (Fsp3) is 0.188. The highest BCUT2D eigenvalue weighted by molar-refractivity contribution is 5.95. The minimum absolute atomic E-state index is 0.0273. The molecule has 0 aliphatic carbocycles. The molecular formula is C16H18N4O3. The van der Waals surface area contributed by atoms with Gasteiger partial charge < -0.3 is 10.5 Å². The Labute approximate surface area is 133 Å². The molecule has 2 amide bonds. The number of anilines is 1. The van der Waals surface area contributed by atoms with Gasteiger partial charge in [0.2, 0.25) is 0 Å². The molecule has 0 unspecified atom stereocenters. The second-order valence-corrected chi connectivity index (χ2v) is 5.12. The predicted molar refractivity (Wildman–Crippen MR) is 85.4 cm³/mol. The number of hydrogen-bond acceptors (Lipinski definition) is 4. The van der Waals surface area contributed by atoms with Gasteiger partial charge in [-0.3, -0.25) is 20.4 Å². The molecule has 3 N–H and O–H groups in total. The van der Waals surface area contributed by atoms with Crippen molar-refractivity contribution in [3.63, 3.8) is 0 Å². The number of carbonyl (C=O) groups excluding carboxylic acids is 2. The van der Waals surface area contributed by atoms with Gasteiger partial charge >= 0.3 is 0 Å². The maximum atomic E-state index is 11.8. The molecule has 0 aliphatic heterocycles. The van der Waals surface area contributed by atoms with Crippen molar-refractivity contribution in [1.82, 2.24) is 10.9 Å². The summed E-state index contributed by atoms with van der Waals surface area (Å²) < 4.78 is 0.573. The molecule has 0 atom stereocenters. The number of hydrogen-bond donors (Lipinski definition) is 3. The third-order valence-corrected chi connectivity index (χ3v) is 3.20. The quantitative estimate of drug-likeness (QED) is 0.442. The summed E-state index contributed by atoms with van der Waals surface area (Å²) in [6.07, 6.45) is 2.41. The highest BCUT2D eigenvalue weighted by Gasteiger charge is 2.08. The van der Waals surface area contributed by atoms with E-state index in [0.29, 0.717) is 4.73 Å². The highest BCUT2D eigenvalue weighted by atomic mass is 16.5. The summed E-state index contributed by atoms with van der Waals surface area (Å²) in [6.45, 7) is 3.98. The number of amides is 2. The fourth-order valence-corrected chi connectivity index (χ4v) is 1.99. The first-order valence-corrected chi connectivity index (χ1v) is 7.05. The van der Waals surface area contributed by atoms with Gasteiger partial charge in [0.25, 0.3) is 11.8 Å². The lowest BCUT2D eigenvalue weighted by atomic mass is 10.1. The van der Waals surface area contributed by atoms with Crippen molar-refractivity contribution in [2.75, 3.05) is 11.9 Å². The van der Waals surface area contributed by atoms with Crippen molar-refractivity contribution < 1.29 is 14.3 Å². The molecule has 2 aromatic rings. The number of hydrazine groups is 1. The van der Waals surface area contributed by atoms with E-state index >= 15 is 0 Å². The fourth-order valence-electron chi connectivity index (χ4n) is 1.99. The lowest BCUT2D eigenvalue weighted by Gasteiger charge is -2.11. The van der Waals surface area contributed by atoms with E-state index < -0.39 is 5.91 Å². The number of pyridine rings is 1. The third-order valence-electron chi connectivity index (χ3n) is 3.20. The van der Waals surface area contributed by atoms with E-state index in [0.717, 1.165) is 16.8 Å². The van der Waals surface area contributed by atoms with Crippen molar-refractivity contribution in [3.05, 3.63) is 64.6 Å². The zero-order valence-corrected chi connectivity index (χ0v) is 12.9. The first-order chi connectivity index (χ1) is 11.0. The summed E-state index contributed by atoms with van der Waals surface area (Å²) >= 11 is 0. The molecule has 0 saturated heterocycles. The van der Waals surface area contributed by atoms with Gasteiger partial charge in [0, 0.05) is 17.8 Å². The molecule has 1 heterocycles. The molecule has 0 spiro atoms. The Bertz CT molecular complexity index is 714. The lowest BCUT2D eigenvalue weighted by Crippen LogP contribution is -2.44. The van der Waals surface area contributed by atoms with E-state index in [1.807, 2.05) is 32.0 Å². The van der Waals surface area contributed by atoms with E-state index in [1.165, 1.54) is 24.5 Å². The van der Waals surface area contributed by atoms with Crippen LogP contribution in [-0.4, -0.2) is 18.4 Å². The van der Waals surface area contributed by atoms with Crippen LogP contribution in [0.15, 0.2) is 42.7 Å². The Balaban J connectivity index is 1.81. The van der Waals surface area contributed by atoms with Crippen molar-refractivity contribution in [1.29, 1.82) is 0 Å². The standard InChI is InChI=1S/C16H18N4O3/c1-11-3-4-14(12(2)9-11)17-10-15(21)18-19-16(22)13-5-7-20(23)8-6-13/h3-9,17H,10H2,1-2H3,(H,18,21)(H,19,22). The molecule has 0 radical (unpaired) electrons. The van der Waals surface area contributed by atoms with E-state index in [2.05, 4.69) is 16.2 Å². The van der Waals surface area contributed by atoms with Crippen LogP contribution in [0.3, 0.4) is 0 Å². The molecular weight excluding hydrogens is 296 g/mol. The van der Waals surface area contributed by atoms with Crippen molar-refractivity contribution in [2.45, 2.75) is 13.8 Å². The number of carbonyl (C=O) groups is 2. The number of nitrogens with zero attached hydrogens (tertiary/aromatic N) is 1. The average Bonchev–Trinajstić information content (AvgIpc) is 2.52. The van der Waals surface area contributed by atoms with E-state index in [4.69, 9.17) is 0 Å². The topological polar surface area (TPSA) is 97.2 Å². The number of aryl methyl sites for hydroxylation is 2. The van der Waals surface area contributed by atoms with Gasteiger partial charge in [-0.15, -0.1) is 0 Å². The van der Waals surface area contributed by atoms with Crippen LogP contribution in [0.2, 0.25) is 0 Å². The SMILES string of the molecule is Cc1ccc(NCC(=O)NNC(=O)c2cc[n+]([O-])cc2)c(C)c1. The monoisotopic (exact) mass is 314 g/mol. The molecule has 1 aromatic carbocycles. The minimum atomic E-state index is -0.495. The van der Waals surface area contributed by atoms with Crippen LogP contribution >= 0.6 is 0 Å². The van der Waals surface area contributed by atoms with Crippen molar-refractivity contribution >= 4 is 17.5 Å². The number of aromatic nitrogens is 1. The van der Waals surface area contributed by atoms with Crippen LogP contribution in [-0.2, 0) is 4.79 Å². The van der Waals surface area contributed by atoms with E-state index in [-0.39, 0.29) is 18.0 Å². The summed E-state index contributed by atoms with van der Waals surface area (Å²) in [4.78, 5) is 23.5. The van der Waals surface area contributed by atoms with Gasteiger partial charge in [-0.1, -0.05) is 17.7 Å². The predicted octanol–water partition coefficient (Wildman–Crippen LogP) is 0.810. The smallest absolute Gasteiger partial charge is 0.270 e. The normalized spacial score (nSPS) is 10.0. The maximum absolute atomic E-state index is 11.8. The summed E-state index contributed by atoms with van der Waals surface area (Å²) in [5.74, 6) is -0.876. The summed E-state index contributed by atoms with van der Waals surface area (Å²) in [7, 11) is 0. The zero-order chi connectivity index (χ0) is 16.8. The number of rotatable bonds is 4. The van der Waals surface area contributed by atoms with Crippen molar-refractivity contribution in [3.8, 4) is 0 Å². The molecule has 0 bridgehead atoms. The Morgan fingerprint density at radius 2 is 1.78 bits per heavy atom. The molecule has 23 heavy (non-hydrogen) atoms. The molecule has 7 heteroatoms. The number of benzene rings is 1. The molecule has 0 aliphatic rings. The Hall–Kier alpha value is -3.09. The van der Waals surface area contributed by atoms with Gasteiger partial charge in [-0.05, 0) is 25.5 Å². The first-order valence-electron chi connectivity index (χ1n) is 7.05.